The lowest BCUT2D eigenvalue weighted by Crippen LogP contribution is -2.34. The monoisotopic (exact) mass is 328 g/mol. The second kappa shape index (κ2) is 6.59. The second-order valence-corrected chi connectivity index (χ2v) is 7.08. The SMILES string of the molecule is CC(C)(C)n1nc(C2CC2)cc1C(=O)NCCNc1cnccn1. The lowest BCUT2D eigenvalue weighted by Gasteiger charge is -2.22. The Balaban J connectivity index is 1.60. The first kappa shape index (κ1) is 16.4. The van der Waals surface area contributed by atoms with E-state index < -0.39 is 0 Å². The minimum Gasteiger partial charge on any atom is -0.367 e. The number of aromatic nitrogens is 4. The molecule has 1 saturated carbocycles. The zero-order valence-electron chi connectivity index (χ0n) is 14.4. The van der Waals surface area contributed by atoms with E-state index in [4.69, 9.17) is 0 Å². The maximum Gasteiger partial charge on any atom is 0.269 e. The molecule has 1 aliphatic carbocycles. The quantitative estimate of drug-likeness (QED) is 0.794. The second-order valence-electron chi connectivity index (χ2n) is 7.08. The third kappa shape index (κ3) is 3.90. The van der Waals surface area contributed by atoms with Gasteiger partial charge in [-0.3, -0.25) is 14.5 Å². The van der Waals surface area contributed by atoms with E-state index in [1.165, 1.54) is 12.8 Å². The van der Waals surface area contributed by atoms with Crippen molar-refractivity contribution in [1.29, 1.82) is 0 Å². The number of hydrogen-bond acceptors (Lipinski definition) is 5. The molecule has 3 rings (SSSR count). The summed E-state index contributed by atoms with van der Waals surface area (Å²) in [5.74, 6) is 1.13. The van der Waals surface area contributed by atoms with Crippen molar-refractivity contribution >= 4 is 11.7 Å². The van der Waals surface area contributed by atoms with Crippen molar-refractivity contribution < 1.29 is 4.79 Å². The van der Waals surface area contributed by atoms with E-state index >= 15 is 0 Å². The summed E-state index contributed by atoms with van der Waals surface area (Å²) in [5.41, 5.74) is 1.44. The number of carbonyl (C=O) groups is 1. The van der Waals surface area contributed by atoms with Crippen LogP contribution in [0.3, 0.4) is 0 Å². The molecule has 0 unspecified atom stereocenters. The minimum absolute atomic E-state index is 0.0923. The van der Waals surface area contributed by atoms with Gasteiger partial charge in [0.15, 0.2) is 0 Å². The molecule has 0 atom stereocenters. The van der Waals surface area contributed by atoms with Crippen LogP contribution >= 0.6 is 0 Å². The highest BCUT2D eigenvalue weighted by Gasteiger charge is 2.31. The fourth-order valence-corrected chi connectivity index (χ4v) is 2.50. The Kier molecular flexibility index (Phi) is 4.51. The molecule has 0 radical (unpaired) electrons. The largest absolute Gasteiger partial charge is 0.367 e. The molecule has 0 spiro atoms. The molecule has 24 heavy (non-hydrogen) atoms. The van der Waals surface area contributed by atoms with Gasteiger partial charge in [0.1, 0.15) is 11.5 Å². The lowest BCUT2D eigenvalue weighted by molar-refractivity contribution is 0.0937. The highest BCUT2D eigenvalue weighted by molar-refractivity contribution is 5.92. The molecular weight excluding hydrogens is 304 g/mol. The van der Waals surface area contributed by atoms with Crippen LogP contribution in [-0.4, -0.2) is 38.7 Å². The van der Waals surface area contributed by atoms with Gasteiger partial charge in [0.25, 0.3) is 5.91 Å². The molecule has 0 saturated heterocycles. The van der Waals surface area contributed by atoms with Gasteiger partial charge in [-0.05, 0) is 39.7 Å². The predicted molar refractivity (Wildman–Crippen MR) is 92.1 cm³/mol. The zero-order chi connectivity index (χ0) is 17.2. The Morgan fingerprint density at radius 1 is 1.29 bits per heavy atom. The topological polar surface area (TPSA) is 84.7 Å². The number of amides is 1. The average Bonchev–Trinajstić information content (AvgIpc) is 3.29. The van der Waals surface area contributed by atoms with E-state index in [1.807, 2.05) is 10.7 Å². The van der Waals surface area contributed by atoms with Gasteiger partial charge in [-0.2, -0.15) is 5.10 Å². The molecule has 0 bridgehead atoms. The molecule has 2 heterocycles. The number of nitrogens with zero attached hydrogens (tertiary/aromatic N) is 4. The van der Waals surface area contributed by atoms with Gasteiger partial charge < -0.3 is 10.6 Å². The molecule has 2 aromatic rings. The van der Waals surface area contributed by atoms with Crippen molar-refractivity contribution in [3.63, 3.8) is 0 Å². The third-order valence-corrected chi connectivity index (χ3v) is 3.87. The van der Waals surface area contributed by atoms with Crippen molar-refractivity contribution in [3.05, 3.63) is 36.0 Å². The Bertz CT molecular complexity index is 700. The minimum atomic E-state index is -0.225. The molecule has 0 aliphatic heterocycles. The van der Waals surface area contributed by atoms with Crippen LogP contribution < -0.4 is 10.6 Å². The van der Waals surface area contributed by atoms with E-state index in [0.717, 1.165) is 5.69 Å². The van der Waals surface area contributed by atoms with Gasteiger partial charge in [-0.1, -0.05) is 0 Å². The fourth-order valence-electron chi connectivity index (χ4n) is 2.50. The number of hydrogen-bond donors (Lipinski definition) is 2. The molecule has 0 aromatic carbocycles. The smallest absolute Gasteiger partial charge is 0.269 e. The van der Waals surface area contributed by atoms with Crippen LogP contribution in [0.2, 0.25) is 0 Å². The first-order valence-corrected chi connectivity index (χ1v) is 8.33. The first-order valence-electron chi connectivity index (χ1n) is 8.33. The van der Waals surface area contributed by atoms with Gasteiger partial charge in [0.05, 0.1) is 17.4 Å². The summed E-state index contributed by atoms with van der Waals surface area (Å²) in [6.45, 7) is 7.27. The van der Waals surface area contributed by atoms with Crippen molar-refractivity contribution in [2.45, 2.75) is 45.1 Å². The standard InChI is InChI=1S/C17H24N6O/c1-17(2,3)23-14(10-13(22-23)12-4-5-12)16(24)21-9-8-20-15-11-18-6-7-19-15/h6-7,10-12H,4-5,8-9H2,1-3H3,(H,19,20)(H,21,24). The Hall–Kier alpha value is -2.44. The maximum absolute atomic E-state index is 12.6. The summed E-state index contributed by atoms with van der Waals surface area (Å²) in [6.07, 6.45) is 7.24. The number of rotatable bonds is 6. The van der Waals surface area contributed by atoms with Crippen LogP contribution in [-0.2, 0) is 5.54 Å². The van der Waals surface area contributed by atoms with Crippen LogP contribution in [0.5, 0.6) is 0 Å². The van der Waals surface area contributed by atoms with Crippen molar-refractivity contribution in [2.24, 2.45) is 0 Å². The first-order chi connectivity index (χ1) is 11.4. The number of nitrogens with one attached hydrogen (secondary N) is 2. The normalized spacial score (nSPS) is 14.5. The van der Waals surface area contributed by atoms with Gasteiger partial charge in [0.2, 0.25) is 0 Å². The van der Waals surface area contributed by atoms with Gasteiger partial charge in [0, 0.05) is 31.4 Å². The molecule has 1 fully saturated rings. The molecule has 128 valence electrons. The highest BCUT2D eigenvalue weighted by atomic mass is 16.2. The van der Waals surface area contributed by atoms with Crippen LogP contribution in [0.1, 0.15) is 55.7 Å². The van der Waals surface area contributed by atoms with E-state index in [2.05, 4.69) is 46.5 Å². The van der Waals surface area contributed by atoms with Crippen molar-refractivity contribution in [2.75, 3.05) is 18.4 Å². The molecule has 2 aromatic heterocycles. The Morgan fingerprint density at radius 2 is 2.08 bits per heavy atom. The molecule has 2 N–H and O–H groups in total. The summed E-state index contributed by atoms with van der Waals surface area (Å²) < 4.78 is 1.84. The molecule has 7 nitrogen and oxygen atoms in total. The summed E-state index contributed by atoms with van der Waals surface area (Å²) in [7, 11) is 0. The van der Waals surface area contributed by atoms with Crippen LogP contribution in [0.15, 0.2) is 24.7 Å². The van der Waals surface area contributed by atoms with Gasteiger partial charge in [-0.25, -0.2) is 4.98 Å². The predicted octanol–water partition coefficient (Wildman–Crippen LogP) is 2.15. The van der Waals surface area contributed by atoms with Crippen molar-refractivity contribution in [3.8, 4) is 0 Å². The molecule has 1 aliphatic rings. The maximum atomic E-state index is 12.6. The summed E-state index contributed by atoms with van der Waals surface area (Å²) >= 11 is 0. The van der Waals surface area contributed by atoms with E-state index in [9.17, 15) is 4.79 Å². The lowest BCUT2D eigenvalue weighted by atomic mass is 10.1. The Morgan fingerprint density at radius 3 is 2.71 bits per heavy atom. The number of carbonyl (C=O) groups excluding carboxylic acids is 1. The highest BCUT2D eigenvalue weighted by Crippen LogP contribution is 2.40. The molecular formula is C17H24N6O. The van der Waals surface area contributed by atoms with Crippen LogP contribution in [0.25, 0.3) is 0 Å². The molecule has 7 heteroatoms. The molecule has 1 amide bonds. The summed E-state index contributed by atoms with van der Waals surface area (Å²) in [5, 5.41) is 10.7. The number of anilines is 1. The van der Waals surface area contributed by atoms with E-state index in [0.29, 0.717) is 30.5 Å². The average molecular weight is 328 g/mol. The van der Waals surface area contributed by atoms with Gasteiger partial charge in [-0.15, -0.1) is 0 Å². The van der Waals surface area contributed by atoms with Crippen molar-refractivity contribution in [1.82, 2.24) is 25.1 Å². The zero-order valence-corrected chi connectivity index (χ0v) is 14.4. The summed E-state index contributed by atoms with van der Waals surface area (Å²) in [6, 6.07) is 1.94. The van der Waals surface area contributed by atoms with Crippen LogP contribution in [0.4, 0.5) is 5.82 Å². The summed E-state index contributed by atoms with van der Waals surface area (Å²) in [4.78, 5) is 20.7. The van der Waals surface area contributed by atoms with Crippen LogP contribution in [0, 0.1) is 0 Å². The fraction of sp³-hybridized carbons (Fsp3) is 0.529. The third-order valence-electron chi connectivity index (χ3n) is 3.87. The Labute approximate surface area is 141 Å². The van der Waals surface area contributed by atoms with Gasteiger partial charge >= 0.3 is 0 Å². The van der Waals surface area contributed by atoms with E-state index in [-0.39, 0.29) is 11.4 Å². The van der Waals surface area contributed by atoms with E-state index in [1.54, 1.807) is 18.6 Å².